The normalized spacial score (nSPS) is 16.2. The van der Waals surface area contributed by atoms with Gasteiger partial charge in [-0.05, 0) is 31.6 Å². The molecule has 3 atom stereocenters. The van der Waals surface area contributed by atoms with Gasteiger partial charge in [-0.1, -0.05) is 37.3 Å². The van der Waals surface area contributed by atoms with Gasteiger partial charge in [0.25, 0.3) is 0 Å². The summed E-state index contributed by atoms with van der Waals surface area (Å²) in [6, 6.07) is 11.4. The van der Waals surface area contributed by atoms with Crippen molar-refractivity contribution in [2.24, 2.45) is 0 Å². The van der Waals surface area contributed by atoms with E-state index < -0.39 is 0 Å². The maximum absolute atomic E-state index is 9.31. The molecule has 1 aromatic carbocycles. The Labute approximate surface area is 115 Å². The van der Waals surface area contributed by atoms with Crippen molar-refractivity contribution in [2.45, 2.75) is 44.0 Å². The molecule has 1 rings (SSSR count). The molecule has 2 N–H and O–H groups in total. The fraction of sp³-hybridized carbons (Fsp3) is 0.600. The minimum Gasteiger partial charge on any atom is -0.395 e. The Morgan fingerprint density at radius 2 is 1.94 bits per heavy atom. The fourth-order valence-electron chi connectivity index (χ4n) is 2.14. The Bertz CT molecular complexity index is 314. The first-order valence-corrected chi connectivity index (χ1v) is 7.93. The van der Waals surface area contributed by atoms with E-state index in [9.17, 15) is 5.11 Å². The number of aliphatic hydroxyl groups excluding tert-OH is 1. The SMILES string of the molecule is CCC(Cc1ccccc1)NC(C)C(CO)SC. The van der Waals surface area contributed by atoms with Gasteiger partial charge in [0.2, 0.25) is 0 Å². The van der Waals surface area contributed by atoms with Crippen LogP contribution in [-0.4, -0.2) is 35.3 Å². The topological polar surface area (TPSA) is 32.3 Å². The van der Waals surface area contributed by atoms with Crippen LogP contribution in [-0.2, 0) is 6.42 Å². The lowest BCUT2D eigenvalue weighted by Gasteiger charge is -2.27. The fourth-order valence-corrected chi connectivity index (χ4v) is 2.77. The molecule has 0 radical (unpaired) electrons. The maximum atomic E-state index is 9.31. The first-order chi connectivity index (χ1) is 8.71. The molecule has 2 nitrogen and oxygen atoms in total. The van der Waals surface area contributed by atoms with Crippen molar-refractivity contribution < 1.29 is 5.11 Å². The van der Waals surface area contributed by atoms with Crippen molar-refractivity contribution in [3.63, 3.8) is 0 Å². The summed E-state index contributed by atoms with van der Waals surface area (Å²) in [7, 11) is 0. The van der Waals surface area contributed by atoms with Crippen LogP contribution in [0.4, 0.5) is 0 Å². The lowest BCUT2D eigenvalue weighted by molar-refractivity contribution is 0.269. The van der Waals surface area contributed by atoms with Crippen molar-refractivity contribution in [1.29, 1.82) is 0 Å². The zero-order valence-electron chi connectivity index (χ0n) is 11.6. The number of hydrogen-bond acceptors (Lipinski definition) is 3. The van der Waals surface area contributed by atoms with E-state index in [1.54, 1.807) is 11.8 Å². The number of hydrogen-bond donors (Lipinski definition) is 2. The van der Waals surface area contributed by atoms with Gasteiger partial charge in [0.15, 0.2) is 0 Å². The van der Waals surface area contributed by atoms with E-state index in [0.29, 0.717) is 12.1 Å². The van der Waals surface area contributed by atoms with Gasteiger partial charge in [-0.15, -0.1) is 0 Å². The highest BCUT2D eigenvalue weighted by molar-refractivity contribution is 7.99. The maximum Gasteiger partial charge on any atom is 0.0564 e. The summed E-state index contributed by atoms with van der Waals surface area (Å²) in [5, 5.41) is 13.2. The third-order valence-corrected chi connectivity index (χ3v) is 4.52. The van der Waals surface area contributed by atoms with E-state index in [-0.39, 0.29) is 11.9 Å². The zero-order valence-corrected chi connectivity index (χ0v) is 12.4. The first-order valence-electron chi connectivity index (χ1n) is 6.64. The molecule has 102 valence electrons. The van der Waals surface area contributed by atoms with E-state index in [2.05, 4.69) is 55.8 Å². The lowest BCUT2D eigenvalue weighted by Crippen LogP contribution is -2.44. The summed E-state index contributed by atoms with van der Waals surface area (Å²) < 4.78 is 0. The van der Waals surface area contributed by atoms with Gasteiger partial charge in [-0.2, -0.15) is 11.8 Å². The van der Waals surface area contributed by atoms with Gasteiger partial charge in [-0.25, -0.2) is 0 Å². The second kappa shape index (κ2) is 8.57. The molecular formula is C15H25NOS. The largest absolute Gasteiger partial charge is 0.395 e. The zero-order chi connectivity index (χ0) is 13.4. The molecule has 0 amide bonds. The molecule has 0 aliphatic heterocycles. The van der Waals surface area contributed by atoms with Crippen molar-refractivity contribution in [3.8, 4) is 0 Å². The molecule has 18 heavy (non-hydrogen) atoms. The molecule has 0 aromatic heterocycles. The highest BCUT2D eigenvalue weighted by Gasteiger charge is 2.18. The molecule has 0 saturated heterocycles. The van der Waals surface area contributed by atoms with Crippen LogP contribution in [0.1, 0.15) is 25.8 Å². The summed E-state index contributed by atoms with van der Waals surface area (Å²) >= 11 is 1.72. The van der Waals surface area contributed by atoms with E-state index in [1.807, 2.05) is 0 Å². The average molecular weight is 267 g/mol. The summed E-state index contributed by atoms with van der Waals surface area (Å²) in [5.41, 5.74) is 1.37. The molecule has 0 fully saturated rings. The average Bonchev–Trinajstić information content (AvgIpc) is 2.40. The molecule has 3 unspecified atom stereocenters. The Hall–Kier alpha value is -0.510. The second-order valence-electron chi connectivity index (χ2n) is 4.71. The summed E-state index contributed by atoms with van der Waals surface area (Å²) in [4.78, 5) is 0. The van der Waals surface area contributed by atoms with E-state index in [4.69, 9.17) is 0 Å². The molecule has 0 saturated carbocycles. The van der Waals surface area contributed by atoms with E-state index >= 15 is 0 Å². The molecular weight excluding hydrogens is 242 g/mol. The monoisotopic (exact) mass is 267 g/mol. The second-order valence-corrected chi connectivity index (χ2v) is 5.78. The Morgan fingerprint density at radius 1 is 1.28 bits per heavy atom. The highest BCUT2D eigenvalue weighted by Crippen LogP contribution is 2.13. The molecule has 0 bridgehead atoms. The molecule has 3 heteroatoms. The van der Waals surface area contributed by atoms with E-state index in [1.165, 1.54) is 5.56 Å². The predicted octanol–water partition coefficient (Wildman–Crippen LogP) is 2.71. The van der Waals surface area contributed by atoms with Gasteiger partial charge in [0.05, 0.1) is 6.61 Å². The number of thioether (sulfide) groups is 1. The van der Waals surface area contributed by atoms with Crippen LogP contribution >= 0.6 is 11.8 Å². The van der Waals surface area contributed by atoms with Crippen molar-refractivity contribution >= 4 is 11.8 Å². The number of rotatable bonds is 8. The minimum atomic E-state index is 0.233. The Morgan fingerprint density at radius 3 is 2.44 bits per heavy atom. The van der Waals surface area contributed by atoms with Gasteiger partial charge >= 0.3 is 0 Å². The van der Waals surface area contributed by atoms with Gasteiger partial charge in [0, 0.05) is 17.3 Å². The highest BCUT2D eigenvalue weighted by atomic mass is 32.2. The van der Waals surface area contributed by atoms with Crippen molar-refractivity contribution in [2.75, 3.05) is 12.9 Å². The van der Waals surface area contributed by atoms with Gasteiger partial charge in [0.1, 0.15) is 0 Å². The predicted molar refractivity (Wildman–Crippen MR) is 81.2 cm³/mol. The van der Waals surface area contributed by atoms with Crippen LogP contribution in [0.15, 0.2) is 30.3 Å². The third kappa shape index (κ3) is 5.01. The summed E-state index contributed by atoms with van der Waals surface area (Å²) in [5.74, 6) is 0. The molecule has 0 aliphatic rings. The molecule has 0 heterocycles. The van der Waals surface area contributed by atoms with Crippen LogP contribution in [0.5, 0.6) is 0 Å². The van der Waals surface area contributed by atoms with E-state index in [0.717, 1.165) is 12.8 Å². The van der Waals surface area contributed by atoms with Crippen molar-refractivity contribution in [1.82, 2.24) is 5.32 Å². The van der Waals surface area contributed by atoms with Gasteiger partial charge in [-0.3, -0.25) is 0 Å². The van der Waals surface area contributed by atoms with Crippen molar-refractivity contribution in [3.05, 3.63) is 35.9 Å². The molecule has 1 aromatic rings. The number of benzene rings is 1. The van der Waals surface area contributed by atoms with Crippen LogP contribution in [0.25, 0.3) is 0 Å². The number of nitrogens with one attached hydrogen (secondary N) is 1. The summed E-state index contributed by atoms with van der Waals surface area (Å²) in [6.07, 6.45) is 4.21. The standard InChI is InChI=1S/C15H25NOS/c1-4-14(10-13-8-6-5-7-9-13)16-12(2)15(11-17)18-3/h5-9,12,14-17H,4,10-11H2,1-3H3. The van der Waals surface area contributed by atoms with Gasteiger partial charge < -0.3 is 10.4 Å². The number of aliphatic hydroxyl groups is 1. The van der Waals surface area contributed by atoms with Crippen LogP contribution in [0.2, 0.25) is 0 Å². The van der Waals surface area contributed by atoms with Crippen LogP contribution in [0.3, 0.4) is 0 Å². The Kier molecular flexibility index (Phi) is 7.40. The third-order valence-electron chi connectivity index (χ3n) is 3.36. The molecule has 0 aliphatic carbocycles. The first kappa shape index (κ1) is 15.5. The van der Waals surface area contributed by atoms with Crippen LogP contribution in [0, 0.1) is 0 Å². The Balaban J connectivity index is 2.51. The molecule has 0 spiro atoms. The smallest absolute Gasteiger partial charge is 0.0564 e. The minimum absolute atomic E-state index is 0.233. The van der Waals surface area contributed by atoms with Crippen LogP contribution < -0.4 is 5.32 Å². The quantitative estimate of drug-likeness (QED) is 0.759. The lowest BCUT2D eigenvalue weighted by atomic mass is 10.0. The summed E-state index contributed by atoms with van der Waals surface area (Å²) in [6.45, 7) is 4.60.